The Labute approximate surface area is 167 Å². The van der Waals surface area contributed by atoms with Crippen LogP contribution in [0.3, 0.4) is 0 Å². The van der Waals surface area contributed by atoms with Gasteiger partial charge in [0.05, 0.1) is 24.5 Å². The molecule has 2 aromatic rings. The van der Waals surface area contributed by atoms with Gasteiger partial charge in [-0.25, -0.2) is 13.6 Å². The summed E-state index contributed by atoms with van der Waals surface area (Å²) in [5.41, 5.74) is 0.416. The lowest BCUT2D eigenvalue weighted by atomic mass is 10.1. The number of benzene rings is 2. The highest BCUT2D eigenvalue weighted by atomic mass is 19.1. The molecule has 0 aliphatic rings. The Morgan fingerprint density at radius 2 is 1.90 bits per heavy atom. The van der Waals surface area contributed by atoms with E-state index in [1.165, 1.54) is 25.3 Å². The van der Waals surface area contributed by atoms with E-state index in [0.717, 1.165) is 12.1 Å². The van der Waals surface area contributed by atoms with Gasteiger partial charge >= 0.3 is 5.97 Å². The van der Waals surface area contributed by atoms with E-state index in [4.69, 9.17) is 14.2 Å². The Balaban J connectivity index is 2.29. The predicted molar refractivity (Wildman–Crippen MR) is 104 cm³/mol. The maximum Gasteiger partial charge on any atom is 0.330 e. The first-order chi connectivity index (χ1) is 13.9. The van der Waals surface area contributed by atoms with Crippen molar-refractivity contribution in [3.05, 3.63) is 65.2 Å². The highest BCUT2D eigenvalue weighted by Crippen LogP contribution is 2.25. The number of amides is 1. The summed E-state index contributed by atoms with van der Waals surface area (Å²) in [4.78, 5) is 24.0. The van der Waals surface area contributed by atoms with Gasteiger partial charge in [0.25, 0.3) is 5.91 Å². The number of hydrogen-bond donors (Lipinski definition) is 1. The van der Waals surface area contributed by atoms with Crippen molar-refractivity contribution in [2.75, 3.05) is 32.2 Å². The third-order valence-electron chi connectivity index (χ3n) is 3.69. The summed E-state index contributed by atoms with van der Waals surface area (Å²) in [5.74, 6) is -2.66. The Bertz CT molecular complexity index is 899. The van der Waals surface area contributed by atoms with Gasteiger partial charge in [0.1, 0.15) is 24.0 Å². The fourth-order valence-corrected chi connectivity index (χ4v) is 2.33. The fourth-order valence-electron chi connectivity index (χ4n) is 2.33. The van der Waals surface area contributed by atoms with Gasteiger partial charge in [0.15, 0.2) is 0 Å². The highest BCUT2D eigenvalue weighted by Gasteiger charge is 2.15. The van der Waals surface area contributed by atoms with Gasteiger partial charge < -0.3 is 19.5 Å². The third-order valence-corrected chi connectivity index (χ3v) is 3.69. The predicted octanol–water partition coefficient (Wildman–Crippen LogP) is 3.82. The van der Waals surface area contributed by atoms with Crippen molar-refractivity contribution >= 4 is 23.6 Å². The molecule has 0 saturated carbocycles. The molecule has 8 heteroatoms. The van der Waals surface area contributed by atoms with E-state index < -0.39 is 23.5 Å². The molecule has 0 atom stereocenters. The Morgan fingerprint density at radius 3 is 2.59 bits per heavy atom. The maximum atomic E-state index is 13.9. The molecule has 0 spiro atoms. The molecule has 1 amide bonds. The van der Waals surface area contributed by atoms with Gasteiger partial charge in [-0.05, 0) is 42.8 Å². The van der Waals surface area contributed by atoms with Gasteiger partial charge in [-0.15, -0.1) is 0 Å². The molecule has 0 aromatic heterocycles. The van der Waals surface area contributed by atoms with Gasteiger partial charge in [-0.3, -0.25) is 4.79 Å². The van der Waals surface area contributed by atoms with Gasteiger partial charge in [0, 0.05) is 25.3 Å². The fraction of sp³-hybridized carbons (Fsp3) is 0.238. The number of hydrogen-bond acceptors (Lipinski definition) is 5. The minimum Gasteiger partial charge on any atom is -0.491 e. The topological polar surface area (TPSA) is 73.9 Å². The van der Waals surface area contributed by atoms with Crippen LogP contribution < -0.4 is 10.1 Å². The Hall–Kier alpha value is -3.26. The van der Waals surface area contributed by atoms with Crippen LogP contribution in [0.25, 0.3) is 6.08 Å². The molecule has 2 aromatic carbocycles. The zero-order valence-corrected chi connectivity index (χ0v) is 16.0. The van der Waals surface area contributed by atoms with Crippen molar-refractivity contribution in [3.8, 4) is 5.75 Å². The average molecular weight is 405 g/mol. The summed E-state index contributed by atoms with van der Waals surface area (Å²) >= 11 is 0. The standard InChI is InChI=1S/C21H21F2NO5/c1-3-28-20(25)9-5-14-4-7-16(29-11-10-27-2)13-19(14)24-21(26)17-8-6-15(22)12-18(17)23/h4-9,12-13H,3,10-11H2,1-2H3,(H,24,26)/b9-5+. The molecule has 6 nitrogen and oxygen atoms in total. The molecule has 0 heterocycles. The highest BCUT2D eigenvalue weighted by molar-refractivity contribution is 6.05. The Morgan fingerprint density at radius 1 is 1.10 bits per heavy atom. The monoisotopic (exact) mass is 405 g/mol. The molecular formula is C21H21F2NO5. The summed E-state index contributed by atoms with van der Waals surface area (Å²) in [6, 6.07) is 7.46. The summed E-state index contributed by atoms with van der Waals surface area (Å²) in [7, 11) is 1.54. The van der Waals surface area contributed by atoms with Crippen LogP contribution in [0.5, 0.6) is 5.75 Å². The molecule has 0 bridgehead atoms. The summed E-state index contributed by atoms with van der Waals surface area (Å²) < 4.78 is 42.3. The van der Waals surface area contributed by atoms with Crippen LogP contribution in [0, 0.1) is 11.6 Å². The Kier molecular flexibility index (Phi) is 8.29. The lowest BCUT2D eigenvalue weighted by molar-refractivity contribution is -0.137. The molecule has 2 rings (SSSR count). The van der Waals surface area contributed by atoms with Crippen LogP contribution in [-0.4, -0.2) is 38.8 Å². The maximum absolute atomic E-state index is 13.9. The van der Waals surface area contributed by atoms with E-state index in [-0.39, 0.29) is 24.5 Å². The molecule has 0 aliphatic carbocycles. The number of carbonyl (C=O) groups is 2. The summed E-state index contributed by atoms with van der Waals surface area (Å²) in [5, 5.41) is 2.56. The number of ether oxygens (including phenoxy) is 3. The molecule has 0 unspecified atom stereocenters. The van der Waals surface area contributed by atoms with E-state index in [1.807, 2.05) is 0 Å². The number of anilines is 1. The normalized spacial score (nSPS) is 10.8. The van der Waals surface area contributed by atoms with E-state index in [2.05, 4.69) is 5.32 Å². The van der Waals surface area contributed by atoms with Crippen molar-refractivity contribution in [2.45, 2.75) is 6.92 Å². The number of esters is 1. The molecule has 0 fully saturated rings. The molecule has 154 valence electrons. The largest absolute Gasteiger partial charge is 0.491 e. The first-order valence-electron chi connectivity index (χ1n) is 8.81. The van der Waals surface area contributed by atoms with Crippen molar-refractivity contribution in [1.82, 2.24) is 0 Å². The second-order valence-corrected chi connectivity index (χ2v) is 5.75. The van der Waals surface area contributed by atoms with Crippen LogP contribution in [0.2, 0.25) is 0 Å². The number of halogens is 2. The summed E-state index contributed by atoms with van der Waals surface area (Å²) in [6.07, 6.45) is 2.66. The van der Waals surface area contributed by atoms with E-state index >= 15 is 0 Å². The minimum absolute atomic E-state index is 0.225. The molecule has 1 N–H and O–H groups in total. The first kappa shape index (κ1) is 22.0. The third kappa shape index (κ3) is 6.69. The zero-order chi connectivity index (χ0) is 21.2. The number of carbonyl (C=O) groups excluding carboxylic acids is 2. The van der Waals surface area contributed by atoms with Crippen LogP contribution >= 0.6 is 0 Å². The van der Waals surface area contributed by atoms with Crippen LogP contribution in [0.1, 0.15) is 22.8 Å². The smallest absolute Gasteiger partial charge is 0.330 e. The van der Waals surface area contributed by atoms with Crippen molar-refractivity contribution in [2.24, 2.45) is 0 Å². The first-order valence-corrected chi connectivity index (χ1v) is 8.81. The zero-order valence-electron chi connectivity index (χ0n) is 16.0. The minimum atomic E-state index is -0.987. The number of rotatable bonds is 9. The molecule has 0 saturated heterocycles. The van der Waals surface area contributed by atoms with Crippen molar-refractivity contribution < 1.29 is 32.6 Å². The van der Waals surface area contributed by atoms with Crippen molar-refractivity contribution in [1.29, 1.82) is 0 Å². The second kappa shape index (κ2) is 10.9. The lowest BCUT2D eigenvalue weighted by Crippen LogP contribution is -2.15. The molecule has 0 aliphatic heterocycles. The SMILES string of the molecule is CCOC(=O)/C=C/c1ccc(OCCOC)cc1NC(=O)c1ccc(F)cc1F. The number of methoxy groups -OCH3 is 1. The quantitative estimate of drug-likeness (QED) is 0.390. The van der Waals surface area contributed by atoms with Crippen molar-refractivity contribution in [3.63, 3.8) is 0 Å². The van der Waals surface area contributed by atoms with Gasteiger partial charge in [-0.1, -0.05) is 0 Å². The average Bonchev–Trinajstić information content (AvgIpc) is 2.67. The molecule has 0 radical (unpaired) electrons. The van der Waals surface area contributed by atoms with Gasteiger partial charge in [0.2, 0.25) is 0 Å². The second-order valence-electron chi connectivity index (χ2n) is 5.75. The van der Waals surface area contributed by atoms with Crippen LogP contribution in [0.4, 0.5) is 14.5 Å². The lowest BCUT2D eigenvalue weighted by Gasteiger charge is -2.12. The van der Waals surface area contributed by atoms with Crippen LogP contribution in [-0.2, 0) is 14.3 Å². The van der Waals surface area contributed by atoms with Gasteiger partial charge in [-0.2, -0.15) is 0 Å². The van der Waals surface area contributed by atoms with E-state index in [1.54, 1.807) is 19.1 Å². The number of nitrogens with one attached hydrogen (secondary N) is 1. The van der Waals surface area contributed by atoms with E-state index in [9.17, 15) is 18.4 Å². The molecular weight excluding hydrogens is 384 g/mol. The van der Waals surface area contributed by atoms with Crippen LogP contribution in [0.15, 0.2) is 42.5 Å². The van der Waals surface area contributed by atoms with E-state index in [0.29, 0.717) is 24.0 Å². The molecule has 29 heavy (non-hydrogen) atoms. The summed E-state index contributed by atoms with van der Waals surface area (Å²) in [6.45, 7) is 2.56.